The van der Waals surface area contributed by atoms with Crippen LogP contribution in [-0.4, -0.2) is 35.7 Å². The fraction of sp³-hybridized carbons (Fsp3) is 0.733. The van der Waals surface area contributed by atoms with Gasteiger partial charge >= 0.3 is 0 Å². The summed E-state index contributed by atoms with van der Waals surface area (Å²) in [6.45, 7) is 0.986. The molecule has 1 saturated heterocycles. The highest BCUT2D eigenvalue weighted by Crippen LogP contribution is 2.45. The van der Waals surface area contributed by atoms with E-state index in [4.69, 9.17) is 4.74 Å². The number of ether oxygens (including phenoxy) is 1. The van der Waals surface area contributed by atoms with E-state index < -0.39 is 0 Å². The molecule has 0 spiro atoms. The second-order valence-electron chi connectivity index (χ2n) is 6.21. The predicted molar refractivity (Wildman–Crippen MR) is 78.3 cm³/mol. The molecule has 20 heavy (non-hydrogen) atoms. The molecule has 0 aromatic carbocycles. The Kier molecular flexibility index (Phi) is 2.93. The van der Waals surface area contributed by atoms with Gasteiger partial charge in [0.2, 0.25) is 5.88 Å². The van der Waals surface area contributed by atoms with E-state index in [0.717, 1.165) is 24.0 Å². The minimum atomic E-state index is 0.585. The second kappa shape index (κ2) is 4.79. The molecule has 5 nitrogen and oxygen atoms in total. The molecule has 0 bridgehead atoms. The summed E-state index contributed by atoms with van der Waals surface area (Å²) in [5.74, 6) is 2.59. The van der Waals surface area contributed by atoms with Crippen molar-refractivity contribution in [2.24, 2.45) is 5.92 Å². The van der Waals surface area contributed by atoms with Crippen LogP contribution in [0.4, 0.5) is 11.5 Å². The lowest BCUT2D eigenvalue weighted by atomic mass is 9.76. The molecule has 1 aromatic rings. The topological polar surface area (TPSA) is 50.3 Å². The fourth-order valence-electron chi connectivity index (χ4n) is 4.32. The lowest BCUT2D eigenvalue weighted by Gasteiger charge is -2.51. The minimum Gasteiger partial charge on any atom is -0.479 e. The maximum atomic E-state index is 5.39. The third-order valence-electron chi connectivity index (χ3n) is 5.24. The molecule has 1 aliphatic carbocycles. The molecule has 5 heteroatoms. The Morgan fingerprint density at radius 3 is 3.00 bits per heavy atom. The van der Waals surface area contributed by atoms with Crippen LogP contribution in [0.5, 0.6) is 5.88 Å². The molecule has 1 saturated carbocycles. The molecule has 3 aliphatic rings. The highest BCUT2D eigenvalue weighted by atomic mass is 16.5. The molecular weight excluding hydrogens is 252 g/mol. The molecule has 1 aromatic heterocycles. The Bertz CT molecular complexity index is 507. The molecule has 3 heterocycles. The first-order chi connectivity index (χ1) is 9.88. The Morgan fingerprint density at radius 1 is 1.20 bits per heavy atom. The van der Waals surface area contributed by atoms with Crippen molar-refractivity contribution < 1.29 is 4.74 Å². The average Bonchev–Trinajstić information content (AvgIpc) is 2.53. The van der Waals surface area contributed by atoms with Gasteiger partial charge in [0.1, 0.15) is 12.0 Å². The van der Waals surface area contributed by atoms with Gasteiger partial charge < -0.3 is 15.0 Å². The van der Waals surface area contributed by atoms with Crippen LogP contribution in [-0.2, 0) is 0 Å². The maximum Gasteiger partial charge on any atom is 0.242 e. The molecule has 1 N–H and O–H groups in total. The first-order valence-electron chi connectivity index (χ1n) is 7.79. The monoisotopic (exact) mass is 274 g/mol. The molecule has 3 unspecified atom stereocenters. The zero-order chi connectivity index (χ0) is 13.5. The van der Waals surface area contributed by atoms with Crippen molar-refractivity contribution >= 4 is 11.5 Å². The number of rotatable bonds is 1. The van der Waals surface area contributed by atoms with Crippen molar-refractivity contribution in [3.8, 4) is 5.88 Å². The van der Waals surface area contributed by atoms with E-state index in [2.05, 4.69) is 20.2 Å². The quantitative estimate of drug-likeness (QED) is 0.852. The number of fused-ring (bicyclic) bond motifs is 5. The number of anilines is 2. The number of aromatic nitrogens is 2. The van der Waals surface area contributed by atoms with E-state index in [0.29, 0.717) is 18.0 Å². The van der Waals surface area contributed by atoms with Crippen molar-refractivity contribution in [2.75, 3.05) is 23.9 Å². The molecule has 2 fully saturated rings. The van der Waals surface area contributed by atoms with Crippen LogP contribution in [0.3, 0.4) is 0 Å². The zero-order valence-electron chi connectivity index (χ0n) is 12.0. The number of nitrogens with zero attached hydrogens (tertiary/aromatic N) is 3. The standard InChI is InChI=1S/C15H22N4O/c1-20-15-13-14(17-9-18-15)19-11(8-16-13)7-6-10-4-2-3-5-12(10)19/h9-12,16H,2-8H2,1H3. The number of methoxy groups -OCH3 is 1. The minimum absolute atomic E-state index is 0.585. The Labute approximate surface area is 119 Å². The van der Waals surface area contributed by atoms with Crippen molar-refractivity contribution in [1.29, 1.82) is 0 Å². The molecule has 0 radical (unpaired) electrons. The normalized spacial score (nSPS) is 31.6. The lowest BCUT2D eigenvalue weighted by Crippen LogP contribution is -2.57. The largest absolute Gasteiger partial charge is 0.479 e. The third kappa shape index (κ3) is 1.75. The van der Waals surface area contributed by atoms with Crippen LogP contribution in [0.2, 0.25) is 0 Å². The molecule has 3 atom stereocenters. The summed E-state index contributed by atoms with van der Waals surface area (Å²) in [5, 5.41) is 3.49. The van der Waals surface area contributed by atoms with Gasteiger partial charge in [0.15, 0.2) is 5.82 Å². The van der Waals surface area contributed by atoms with E-state index in [-0.39, 0.29) is 0 Å². The SMILES string of the molecule is COc1ncnc2c1NCC1CCC3CCCCC3N21. The Balaban J connectivity index is 1.75. The van der Waals surface area contributed by atoms with Crippen LogP contribution in [0.1, 0.15) is 38.5 Å². The van der Waals surface area contributed by atoms with Crippen molar-refractivity contribution in [3.63, 3.8) is 0 Å². The number of nitrogens with one attached hydrogen (secondary N) is 1. The van der Waals surface area contributed by atoms with Gasteiger partial charge in [0, 0.05) is 18.6 Å². The van der Waals surface area contributed by atoms with E-state index in [1.165, 1.54) is 38.5 Å². The van der Waals surface area contributed by atoms with E-state index in [1.807, 2.05) is 0 Å². The molecular formula is C15H22N4O. The summed E-state index contributed by atoms with van der Waals surface area (Å²) >= 11 is 0. The molecule has 2 aliphatic heterocycles. The van der Waals surface area contributed by atoms with Crippen LogP contribution < -0.4 is 15.0 Å². The van der Waals surface area contributed by atoms with Gasteiger partial charge in [0.05, 0.1) is 7.11 Å². The maximum absolute atomic E-state index is 5.39. The fourth-order valence-corrected chi connectivity index (χ4v) is 4.32. The Hall–Kier alpha value is -1.52. The average molecular weight is 274 g/mol. The van der Waals surface area contributed by atoms with E-state index in [1.54, 1.807) is 13.4 Å². The lowest BCUT2D eigenvalue weighted by molar-refractivity contribution is 0.214. The van der Waals surface area contributed by atoms with Gasteiger partial charge in [-0.15, -0.1) is 0 Å². The zero-order valence-corrected chi connectivity index (χ0v) is 12.0. The van der Waals surface area contributed by atoms with Gasteiger partial charge in [-0.2, -0.15) is 4.98 Å². The van der Waals surface area contributed by atoms with Gasteiger partial charge in [-0.3, -0.25) is 0 Å². The summed E-state index contributed by atoms with van der Waals surface area (Å²) in [5.41, 5.74) is 0.984. The van der Waals surface area contributed by atoms with Gasteiger partial charge in [-0.25, -0.2) is 4.98 Å². The summed E-state index contributed by atoms with van der Waals surface area (Å²) in [7, 11) is 1.68. The van der Waals surface area contributed by atoms with Crippen LogP contribution >= 0.6 is 0 Å². The van der Waals surface area contributed by atoms with Crippen LogP contribution in [0.15, 0.2) is 6.33 Å². The first-order valence-corrected chi connectivity index (χ1v) is 7.79. The van der Waals surface area contributed by atoms with Gasteiger partial charge in [-0.1, -0.05) is 12.8 Å². The third-order valence-corrected chi connectivity index (χ3v) is 5.24. The summed E-state index contributed by atoms with van der Waals surface area (Å²) in [6, 6.07) is 1.25. The van der Waals surface area contributed by atoms with Crippen LogP contribution in [0, 0.1) is 5.92 Å². The van der Waals surface area contributed by atoms with Crippen molar-refractivity contribution in [1.82, 2.24) is 9.97 Å². The van der Waals surface area contributed by atoms with Crippen molar-refractivity contribution in [2.45, 2.75) is 50.6 Å². The van der Waals surface area contributed by atoms with Crippen molar-refractivity contribution in [3.05, 3.63) is 6.33 Å². The first kappa shape index (κ1) is 12.2. The highest BCUT2D eigenvalue weighted by molar-refractivity contribution is 5.74. The van der Waals surface area contributed by atoms with E-state index in [9.17, 15) is 0 Å². The summed E-state index contributed by atoms with van der Waals surface area (Å²) in [6.07, 6.45) is 9.75. The van der Waals surface area contributed by atoms with E-state index >= 15 is 0 Å². The predicted octanol–water partition coefficient (Wildman–Crippen LogP) is 2.44. The number of hydrogen-bond donors (Lipinski definition) is 1. The Morgan fingerprint density at radius 2 is 2.10 bits per heavy atom. The molecule has 4 rings (SSSR count). The van der Waals surface area contributed by atoms with Gasteiger partial charge in [-0.05, 0) is 31.6 Å². The highest BCUT2D eigenvalue weighted by Gasteiger charge is 2.42. The van der Waals surface area contributed by atoms with Crippen LogP contribution in [0.25, 0.3) is 0 Å². The number of hydrogen-bond acceptors (Lipinski definition) is 5. The smallest absolute Gasteiger partial charge is 0.242 e. The molecule has 0 amide bonds. The molecule has 108 valence electrons. The van der Waals surface area contributed by atoms with Gasteiger partial charge in [0.25, 0.3) is 0 Å². The number of piperidine rings is 1. The second-order valence-corrected chi connectivity index (χ2v) is 6.21. The summed E-state index contributed by atoms with van der Waals surface area (Å²) in [4.78, 5) is 11.4. The summed E-state index contributed by atoms with van der Waals surface area (Å²) < 4.78 is 5.39.